The summed E-state index contributed by atoms with van der Waals surface area (Å²) in [5.74, 6) is 0. The van der Waals surface area contributed by atoms with Gasteiger partial charge in [-0.2, -0.15) is 0 Å². The highest BCUT2D eigenvalue weighted by molar-refractivity contribution is 7.98. The summed E-state index contributed by atoms with van der Waals surface area (Å²) in [7, 11) is 0. The first-order chi connectivity index (χ1) is 3.13. The Morgan fingerprint density at radius 1 is 1.00 bits per heavy atom. The minimum atomic E-state index is -0.944. The van der Waals surface area contributed by atoms with Gasteiger partial charge in [-0.3, -0.25) is 0 Å². The molecule has 0 atom stereocenters. The van der Waals surface area contributed by atoms with E-state index in [-0.39, 0.29) is 12.3 Å². The molecule has 0 saturated carbocycles. The highest BCUT2D eigenvalue weighted by atomic mass is 32.1. The number of hydrogen-bond donors (Lipinski definition) is 4. The Labute approximate surface area is 63.1 Å². The van der Waals surface area contributed by atoms with Gasteiger partial charge in [0.15, 0.2) is 0 Å². The third-order valence-corrected chi connectivity index (χ3v) is 0.357. The van der Waals surface area contributed by atoms with E-state index in [1.807, 2.05) is 0 Å². The molecule has 0 aromatic rings. The Morgan fingerprint density at radius 2 is 1.22 bits per heavy atom. The highest BCUT2D eigenvalue weighted by Crippen LogP contribution is 1.90. The van der Waals surface area contributed by atoms with Gasteiger partial charge in [0.05, 0.1) is 0 Å². The van der Waals surface area contributed by atoms with E-state index < -0.39 is 10.6 Å². The smallest absolute Gasteiger partial charge is 0.372 e. The molecule has 0 aliphatic carbocycles. The van der Waals surface area contributed by atoms with Gasteiger partial charge in [-0.25, -0.2) is 9.59 Å². The Bertz CT molecular complexity index is 94.0. The van der Waals surface area contributed by atoms with E-state index in [1.165, 1.54) is 0 Å². The van der Waals surface area contributed by atoms with Crippen molar-refractivity contribution in [1.29, 1.82) is 0 Å². The van der Waals surface area contributed by atoms with Crippen molar-refractivity contribution < 1.29 is 14.3 Å². The van der Waals surface area contributed by atoms with E-state index >= 15 is 0 Å². The minimum Gasteiger partial charge on any atom is -0.377 e. The molecule has 0 aliphatic heterocycles. The Hall–Kier alpha value is -0.240. The zero-order chi connectivity index (χ0) is 5.86. The molecule has 9 heavy (non-hydrogen) atoms. The summed E-state index contributed by atoms with van der Waals surface area (Å²) in [5.41, 5.74) is 0. The maximum atomic E-state index is 9.63. The van der Waals surface area contributed by atoms with Crippen LogP contribution in [0, 0.1) is 0 Å². The third kappa shape index (κ3) is 18.2. The first-order valence-corrected chi connectivity index (χ1v) is 2.16. The zero-order valence-electron chi connectivity index (χ0n) is 4.53. The van der Waals surface area contributed by atoms with Crippen LogP contribution in [-0.2, 0) is 4.74 Å². The lowest BCUT2D eigenvalue weighted by molar-refractivity contribution is 0.187. The highest BCUT2D eigenvalue weighted by Gasteiger charge is 1.96. The van der Waals surface area contributed by atoms with E-state index in [1.54, 1.807) is 0 Å². The van der Waals surface area contributed by atoms with E-state index in [0.29, 0.717) is 0 Å². The van der Waals surface area contributed by atoms with Gasteiger partial charge in [-0.15, -0.1) is 0 Å². The summed E-state index contributed by atoms with van der Waals surface area (Å²) in [6, 6.07) is 0. The van der Waals surface area contributed by atoms with Crippen LogP contribution in [0.4, 0.5) is 9.59 Å². The van der Waals surface area contributed by atoms with E-state index in [4.69, 9.17) is 0 Å². The number of carbonyl (C=O) groups excluding carboxylic acids is 2. The topological polar surface area (TPSA) is 113 Å². The molecule has 0 amide bonds. The Morgan fingerprint density at radius 3 is 1.22 bits per heavy atom. The molecule has 0 saturated heterocycles. The molecular weight excluding hydrogens is 164 g/mol. The van der Waals surface area contributed by atoms with Crippen LogP contribution in [0.2, 0.25) is 0 Å². The van der Waals surface area contributed by atoms with E-state index in [2.05, 4.69) is 30.0 Å². The van der Waals surface area contributed by atoms with Crippen LogP contribution >= 0.6 is 25.3 Å². The van der Waals surface area contributed by atoms with Crippen LogP contribution in [0.1, 0.15) is 0 Å². The molecule has 0 bridgehead atoms. The lowest BCUT2D eigenvalue weighted by atomic mass is 11.4. The normalized spacial score (nSPS) is 6.00. The molecule has 0 aromatic heterocycles. The maximum Gasteiger partial charge on any atom is 0.372 e. The van der Waals surface area contributed by atoms with Gasteiger partial charge < -0.3 is 17.0 Å². The van der Waals surface area contributed by atoms with Crippen LogP contribution < -0.4 is 12.3 Å². The second-order valence-corrected chi connectivity index (χ2v) is 1.36. The van der Waals surface area contributed by atoms with Crippen molar-refractivity contribution in [3.63, 3.8) is 0 Å². The first-order valence-electron chi connectivity index (χ1n) is 1.26. The standard InChI is InChI=1S/C2H2O3S2.2H3N/c3-1(6)5-2(4)7;;/h(H,3,6)(H,4,7);2*1H3. The van der Waals surface area contributed by atoms with E-state index in [9.17, 15) is 9.59 Å². The van der Waals surface area contributed by atoms with Crippen LogP contribution in [0.15, 0.2) is 0 Å². The number of rotatable bonds is 0. The van der Waals surface area contributed by atoms with Crippen molar-refractivity contribution in [3.05, 3.63) is 0 Å². The largest absolute Gasteiger partial charge is 0.377 e. The van der Waals surface area contributed by atoms with Gasteiger partial charge in [0.1, 0.15) is 0 Å². The lowest BCUT2D eigenvalue weighted by Gasteiger charge is -1.85. The van der Waals surface area contributed by atoms with Gasteiger partial charge in [0, 0.05) is 0 Å². The summed E-state index contributed by atoms with van der Waals surface area (Å²) in [6.07, 6.45) is 0. The molecule has 0 heterocycles. The van der Waals surface area contributed by atoms with Crippen molar-refractivity contribution in [3.8, 4) is 0 Å². The molecule has 0 aliphatic rings. The number of hydrogen-bond acceptors (Lipinski definition) is 5. The van der Waals surface area contributed by atoms with Gasteiger partial charge >= 0.3 is 10.6 Å². The second kappa shape index (κ2) is 7.76. The molecule has 7 heteroatoms. The summed E-state index contributed by atoms with van der Waals surface area (Å²) >= 11 is 6.21. The molecule has 0 radical (unpaired) electrons. The third-order valence-electron chi connectivity index (χ3n) is 0.175. The molecule has 56 valence electrons. The molecule has 6 N–H and O–H groups in total. The van der Waals surface area contributed by atoms with Crippen molar-refractivity contribution in [2.45, 2.75) is 0 Å². The van der Waals surface area contributed by atoms with Crippen LogP contribution in [0.25, 0.3) is 0 Å². The number of thiol groups is 2. The summed E-state index contributed by atoms with van der Waals surface area (Å²) in [5, 5.41) is -1.89. The van der Waals surface area contributed by atoms with Crippen molar-refractivity contribution in [1.82, 2.24) is 12.3 Å². The fourth-order valence-electron chi connectivity index (χ4n) is 0.0747. The van der Waals surface area contributed by atoms with E-state index in [0.717, 1.165) is 0 Å². The summed E-state index contributed by atoms with van der Waals surface area (Å²) in [4.78, 5) is 19.3. The monoisotopic (exact) mass is 172 g/mol. The molecule has 0 fully saturated rings. The minimum absolute atomic E-state index is 0. The molecule has 0 aromatic carbocycles. The molecule has 0 rings (SSSR count). The summed E-state index contributed by atoms with van der Waals surface area (Å²) < 4.78 is 3.70. The average molecular weight is 172 g/mol. The SMILES string of the molecule is N.N.O=C(S)OC(=O)S. The predicted molar refractivity (Wildman–Crippen MR) is 39.9 cm³/mol. The van der Waals surface area contributed by atoms with Gasteiger partial charge in [-0.1, -0.05) is 25.3 Å². The van der Waals surface area contributed by atoms with Gasteiger partial charge in [-0.05, 0) is 0 Å². The van der Waals surface area contributed by atoms with Crippen LogP contribution in [0.5, 0.6) is 0 Å². The van der Waals surface area contributed by atoms with Crippen molar-refractivity contribution >= 4 is 35.9 Å². The predicted octanol–water partition coefficient (Wildman–Crippen LogP) is 1.43. The average Bonchev–Trinajstić information content (AvgIpc) is 1.27. The lowest BCUT2D eigenvalue weighted by Crippen LogP contribution is -1.94. The summed E-state index contributed by atoms with van der Waals surface area (Å²) in [6.45, 7) is 0. The molecule has 0 spiro atoms. The Kier molecular flexibility index (Phi) is 13.7. The number of ether oxygens (including phenoxy) is 1. The number of carbonyl (C=O) groups is 2. The van der Waals surface area contributed by atoms with Crippen LogP contribution in [-0.4, -0.2) is 10.6 Å². The van der Waals surface area contributed by atoms with Gasteiger partial charge in [0.25, 0.3) is 0 Å². The first kappa shape index (κ1) is 15.9. The second-order valence-electron chi connectivity index (χ2n) is 0.634. The van der Waals surface area contributed by atoms with Crippen LogP contribution in [0.3, 0.4) is 0 Å². The van der Waals surface area contributed by atoms with Gasteiger partial charge in [0.2, 0.25) is 0 Å². The van der Waals surface area contributed by atoms with Crippen molar-refractivity contribution in [2.24, 2.45) is 0 Å². The zero-order valence-corrected chi connectivity index (χ0v) is 6.32. The Balaban J connectivity index is -0.000000180. The molecular formula is C2H8N2O3S2. The fraction of sp³-hybridized carbons (Fsp3) is 0. The van der Waals surface area contributed by atoms with Crippen molar-refractivity contribution in [2.75, 3.05) is 0 Å². The maximum absolute atomic E-state index is 9.63. The molecule has 0 unspecified atom stereocenters. The quantitative estimate of drug-likeness (QED) is 0.251. The fourth-order valence-corrected chi connectivity index (χ4v) is 0.313. The molecule has 5 nitrogen and oxygen atoms in total.